The zero-order chi connectivity index (χ0) is 16.7. The van der Waals surface area contributed by atoms with Crippen molar-refractivity contribution in [1.29, 1.82) is 0 Å². The molecule has 4 heteroatoms. The van der Waals surface area contributed by atoms with Crippen LogP contribution in [0.3, 0.4) is 0 Å². The Balaban J connectivity index is 1.48. The minimum atomic E-state index is -0.301. The lowest BCUT2D eigenvalue weighted by atomic mass is 9.90. The summed E-state index contributed by atoms with van der Waals surface area (Å²) in [5, 5.41) is 0. The van der Waals surface area contributed by atoms with Gasteiger partial charge in [-0.05, 0) is 37.1 Å². The summed E-state index contributed by atoms with van der Waals surface area (Å²) < 4.78 is 11.7. The molecule has 0 radical (unpaired) electrons. The molecule has 1 aliphatic carbocycles. The first-order valence-electron chi connectivity index (χ1n) is 8.96. The molecule has 0 bridgehead atoms. The van der Waals surface area contributed by atoms with Crippen molar-refractivity contribution in [2.45, 2.75) is 41.3 Å². The highest BCUT2D eigenvalue weighted by Gasteiger charge is 2.39. The van der Waals surface area contributed by atoms with Crippen LogP contribution in [0.15, 0.2) is 70.1 Å². The predicted molar refractivity (Wildman–Crippen MR) is 100 cm³/mol. The SMILES string of the molecule is C(=C1CCC2(CC1)OCCO2)N1c2ccccc2Sc2ccccc21. The summed E-state index contributed by atoms with van der Waals surface area (Å²) in [5.74, 6) is -0.301. The Morgan fingerprint density at radius 3 is 2.00 bits per heavy atom. The Morgan fingerprint density at radius 1 is 0.840 bits per heavy atom. The maximum atomic E-state index is 5.87. The summed E-state index contributed by atoms with van der Waals surface area (Å²) >= 11 is 1.85. The lowest BCUT2D eigenvalue weighted by Gasteiger charge is -2.35. The molecule has 3 nitrogen and oxygen atoms in total. The van der Waals surface area contributed by atoms with Crippen molar-refractivity contribution in [3.05, 3.63) is 60.3 Å². The van der Waals surface area contributed by atoms with Crippen LogP contribution in [0.2, 0.25) is 0 Å². The Morgan fingerprint density at radius 2 is 1.40 bits per heavy atom. The fourth-order valence-corrected chi connectivity index (χ4v) is 4.99. The number of hydrogen-bond donors (Lipinski definition) is 0. The Hall–Kier alpha value is -1.75. The van der Waals surface area contributed by atoms with Crippen LogP contribution in [-0.2, 0) is 9.47 Å². The lowest BCUT2D eigenvalue weighted by molar-refractivity contribution is -0.171. The molecule has 1 saturated carbocycles. The molecule has 128 valence electrons. The van der Waals surface area contributed by atoms with E-state index in [1.807, 2.05) is 11.8 Å². The van der Waals surface area contributed by atoms with Crippen molar-refractivity contribution in [3.63, 3.8) is 0 Å². The average molecular weight is 351 g/mol. The van der Waals surface area contributed by atoms with Crippen molar-refractivity contribution < 1.29 is 9.47 Å². The van der Waals surface area contributed by atoms with Crippen LogP contribution in [-0.4, -0.2) is 19.0 Å². The van der Waals surface area contributed by atoms with E-state index in [-0.39, 0.29) is 5.79 Å². The van der Waals surface area contributed by atoms with Gasteiger partial charge in [0.25, 0.3) is 0 Å². The number of para-hydroxylation sites is 2. The minimum Gasteiger partial charge on any atom is -0.348 e. The van der Waals surface area contributed by atoms with Gasteiger partial charge in [0.05, 0.1) is 24.6 Å². The lowest BCUT2D eigenvalue weighted by Crippen LogP contribution is -2.33. The number of rotatable bonds is 1. The fraction of sp³-hybridized carbons (Fsp3) is 0.333. The highest BCUT2D eigenvalue weighted by atomic mass is 32.2. The second-order valence-corrected chi connectivity index (χ2v) is 7.89. The highest BCUT2D eigenvalue weighted by molar-refractivity contribution is 7.99. The molecule has 0 atom stereocenters. The van der Waals surface area contributed by atoms with E-state index in [1.54, 1.807) is 0 Å². The normalized spacial score (nSPS) is 21.1. The van der Waals surface area contributed by atoms with Crippen molar-refractivity contribution in [1.82, 2.24) is 0 Å². The highest BCUT2D eigenvalue weighted by Crippen LogP contribution is 2.49. The molecule has 2 heterocycles. The van der Waals surface area contributed by atoms with Crippen LogP contribution in [0.1, 0.15) is 25.7 Å². The summed E-state index contributed by atoms with van der Waals surface area (Å²) in [4.78, 5) is 4.99. The predicted octanol–water partition coefficient (Wildman–Crippen LogP) is 5.49. The molecule has 2 aliphatic heterocycles. The molecule has 2 aromatic rings. The molecule has 1 spiro atoms. The number of anilines is 2. The van der Waals surface area contributed by atoms with Crippen LogP contribution in [0, 0.1) is 0 Å². The van der Waals surface area contributed by atoms with E-state index in [9.17, 15) is 0 Å². The van der Waals surface area contributed by atoms with Crippen molar-refractivity contribution in [2.75, 3.05) is 18.1 Å². The molecule has 0 N–H and O–H groups in total. The summed E-state index contributed by atoms with van der Waals surface area (Å²) in [5.41, 5.74) is 4.01. The van der Waals surface area contributed by atoms with Gasteiger partial charge in [0.15, 0.2) is 5.79 Å². The second-order valence-electron chi connectivity index (χ2n) is 6.80. The molecule has 1 saturated heterocycles. The summed E-state index contributed by atoms with van der Waals surface area (Å²) in [6, 6.07) is 17.3. The zero-order valence-corrected chi connectivity index (χ0v) is 14.9. The van der Waals surface area contributed by atoms with Crippen molar-refractivity contribution >= 4 is 23.1 Å². The van der Waals surface area contributed by atoms with Gasteiger partial charge in [-0.3, -0.25) is 0 Å². The molecule has 3 aliphatic rings. The van der Waals surface area contributed by atoms with Gasteiger partial charge in [0, 0.05) is 28.8 Å². The van der Waals surface area contributed by atoms with E-state index in [1.165, 1.54) is 26.7 Å². The van der Waals surface area contributed by atoms with Crippen molar-refractivity contribution in [3.8, 4) is 0 Å². The molecule has 0 unspecified atom stereocenters. The number of benzene rings is 2. The molecular weight excluding hydrogens is 330 g/mol. The quantitative estimate of drug-likeness (QED) is 0.677. The standard InChI is InChI=1S/C21H21NO2S/c1-3-7-19-17(5-1)22(18-6-2-4-8-20(18)25-19)15-16-9-11-21(12-10-16)23-13-14-24-21/h1-8,15H,9-14H2. The number of allylic oxidation sites excluding steroid dienone is 1. The van der Waals surface area contributed by atoms with Gasteiger partial charge in [-0.2, -0.15) is 0 Å². The molecule has 0 amide bonds. The van der Waals surface area contributed by atoms with E-state index in [0.29, 0.717) is 0 Å². The molecule has 0 aromatic heterocycles. The Kier molecular flexibility index (Phi) is 3.85. The van der Waals surface area contributed by atoms with Crippen molar-refractivity contribution in [2.24, 2.45) is 0 Å². The van der Waals surface area contributed by atoms with Crippen LogP contribution in [0.4, 0.5) is 11.4 Å². The topological polar surface area (TPSA) is 21.7 Å². The van der Waals surface area contributed by atoms with Gasteiger partial charge >= 0.3 is 0 Å². The van der Waals surface area contributed by atoms with Crippen LogP contribution >= 0.6 is 11.8 Å². The third kappa shape index (κ3) is 2.78. The molecule has 25 heavy (non-hydrogen) atoms. The van der Waals surface area contributed by atoms with Crippen LogP contribution < -0.4 is 4.90 Å². The second kappa shape index (κ2) is 6.20. The minimum absolute atomic E-state index is 0.301. The Bertz CT molecular complexity index is 769. The van der Waals surface area contributed by atoms with Gasteiger partial charge in [-0.1, -0.05) is 41.6 Å². The van der Waals surface area contributed by atoms with Gasteiger partial charge < -0.3 is 14.4 Å². The first-order chi connectivity index (χ1) is 12.3. The fourth-order valence-electron chi connectivity index (χ4n) is 3.92. The monoisotopic (exact) mass is 351 g/mol. The number of hydrogen-bond acceptors (Lipinski definition) is 4. The van der Waals surface area contributed by atoms with Crippen LogP contribution in [0.5, 0.6) is 0 Å². The third-order valence-corrected chi connectivity index (χ3v) is 6.38. The number of ether oxygens (including phenoxy) is 2. The zero-order valence-electron chi connectivity index (χ0n) is 14.1. The largest absolute Gasteiger partial charge is 0.348 e. The molecule has 2 aromatic carbocycles. The van der Waals surface area contributed by atoms with Gasteiger partial charge in [0.2, 0.25) is 0 Å². The van der Waals surface area contributed by atoms with Gasteiger partial charge in [-0.15, -0.1) is 0 Å². The van der Waals surface area contributed by atoms with Crippen LogP contribution in [0.25, 0.3) is 0 Å². The summed E-state index contributed by atoms with van der Waals surface area (Å²) in [7, 11) is 0. The Labute approximate surface area is 152 Å². The first kappa shape index (κ1) is 15.5. The maximum Gasteiger partial charge on any atom is 0.169 e. The summed E-state index contributed by atoms with van der Waals surface area (Å²) in [6.45, 7) is 1.48. The first-order valence-corrected chi connectivity index (χ1v) is 9.77. The smallest absolute Gasteiger partial charge is 0.169 e. The molecule has 2 fully saturated rings. The number of fused-ring (bicyclic) bond motifs is 2. The number of nitrogens with zero attached hydrogens (tertiary/aromatic N) is 1. The van der Waals surface area contributed by atoms with E-state index in [0.717, 1.165) is 38.9 Å². The van der Waals surface area contributed by atoms with E-state index >= 15 is 0 Å². The van der Waals surface area contributed by atoms with Gasteiger partial charge in [0.1, 0.15) is 0 Å². The third-order valence-electron chi connectivity index (χ3n) is 5.25. The average Bonchev–Trinajstić information content (AvgIpc) is 3.11. The molecule has 5 rings (SSSR count). The van der Waals surface area contributed by atoms with Gasteiger partial charge in [-0.25, -0.2) is 0 Å². The van der Waals surface area contributed by atoms with E-state index in [2.05, 4.69) is 59.6 Å². The molecular formula is C21H21NO2S. The maximum absolute atomic E-state index is 5.87. The van der Waals surface area contributed by atoms with E-state index < -0.39 is 0 Å². The summed E-state index contributed by atoms with van der Waals surface area (Å²) in [6.07, 6.45) is 6.34. The van der Waals surface area contributed by atoms with E-state index in [4.69, 9.17) is 9.47 Å².